The zero-order chi connectivity index (χ0) is 27.8. The SMILES string of the molecule is C=C(CC)OOC1OC(COC(=O)CCC)C(OC(=O)CCC)C(OOC(=C)CC)C1OOC(=C)CC. The number of esters is 2. The molecule has 0 saturated carbocycles. The van der Waals surface area contributed by atoms with E-state index < -0.39 is 42.6 Å². The third-order valence-corrected chi connectivity index (χ3v) is 5.17. The van der Waals surface area contributed by atoms with Crippen LogP contribution in [0.2, 0.25) is 0 Å². The van der Waals surface area contributed by atoms with Gasteiger partial charge in [0, 0.05) is 32.1 Å². The zero-order valence-electron chi connectivity index (χ0n) is 22.7. The van der Waals surface area contributed by atoms with Crippen LogP contribution in [0, 0.1) is 0 Å². The molecule has 0 aliphatic carbocycles. The summed E-state index contributed by atoms with van der Waals surface area (Å²) in [6.07, 6.45) is -2.97. The first kappa shape index (κ1) is 32.4. The molecule has 0 aromatic rings. The summed E-state index contributed by atoms with van der Waals surface area (Å²) in [4.78, 5) is 57.3. The van der Waals surface area contributed by atoms with Gasteiger partial charge in [0.1, 0.15) is 30.0 Å². The largest absolute Gasteiger partial charge is 0.463 e. The summed E-state index contributed by atoms with van der Waals surface area (Å²) in [5, 5.41) is 0. The van der Waals surface area contributed by atoms with Crippen molar-refractivity contribution >= 4 is 11.9 Å². The monoisotopic (exact) mass is 530 g/mol. The van der Waals surface area contributed by atoms with Crippen molar-refractivity contribution in [3.8, 4) is 0 Å². The van der Waals surface area contributed by atoms with Gasteiger partial charge >= 0.3 is 11.9 Å². The Kier molecular flexibility index (Phi) is 15.6. The molecule has 1 fully saturated rings. The number of hydrogen-bond donors (Lipinski definition) is 0. The smallest absolute Gasteiger partial charge is 0.306 e. The van der Waals surface area contributed by atoms with Crippen molar-refractivity contribution in [1.29, 1.82) is 0 Å². The fourth-order valence-corrected chi connectivity index (χ4v) is 2.85. The second-order valence-corrected chi connectivity index (χ2v) is 8.33. The number of hydrogen-bond acceptors (Lipinski definition) is 11. The van der Waals surface area contributed by atoms with E-state index in [4.69, 9.17) is 43.5 Å². The van der Waals surface area contributed by atoms with Gasteiger partial charge in [0.15, 0.2) is 18.3 Å². The van der Waals surface area contributed by atoms with Crippen LogP contribution in [0.15, 0.2) is 37.0 Å². The van der Waals surface area contributed by atoms with E-state index in [1.54, 1.807) is 0 Å². The van der Waals surface area contributed by atoms with Gasteiger partial charge in [0.05, 0.1) is 0 Å². The van der Waals surface area contributed by atoms with E-state index in [2.05, 4.69) is 19.7 Å². The van der Waals surface area contributed by atoms with Crippen molar-refractivity contribution in [2.45, 2.75) is 110 Å². The van der Waals surface area contributed by atoms with E-state index in [1.165, 1.54) is 0 Å². The lowest BCUT2D eigenvalue weighted by molar-refractivity contribution is -0.473. The highest BCUT2D eigenvalue weighted by Crippen LogP contribution is 2.31. The maximum atomic E-state index is 12.5. The van der Waals surface area contributed by atoms with Crippen LogP contribution in [0.4, 0.5) is 0 Å². The topological polar surface area (TPSA) is 117 Å². The third-order valence-electron chi connectivity index (χ3n) is 5.17. The number of ether oxygens (including phenoxy) is 3. The molecule has 0 aromatic carbocycles. The molecular formula is C26H42O11. The summed E-state index contributed by atoms with van der Waals surface area (Å²) >= 11 is 0. The minimum absolute atomic E-state index is 0.141. The Balaban J connectivity index is 3.37. The molecule has 11 nitrogen and oxygen atoms in total. The van der Waals surface area contributed by atoms with E-state index in [0.29, 0.717) is 49.4 Å². The molecular weight excluding hydrogens is 488 g/mol. The molecule has 212 valence electrons. The standard InChI is InChI=1S/C26H42O11/c1-9-14-21(27)29-16-20-23(31-22(28)15-10-2)24(35-32-17(6)11-3)25(36-33-18(7)12-4)26(30-20)37-34-19(8)13-5/h20,23-26H,6-16H2,1-5H3. The van der Waals surface area contributed by atoms with Gasteiger partial charge in [-0.15, -0.1) is 0 Å². The molecule has 0 aromatic heterocycles. The van der Waals surface area contributed by atoms with E-state index >= 15 is 0 Å². The number of carbonyl (C=O) groups excluding carboxylic acids is 2. The zero-order valence-corrected chi connectivity index (χ0v) is 22.7. The van der Waals surface area contributed by atoms with Crippen LogP contribution in [-0.4, -0.2) is 49.3 Å². The van der Waals surface area contributed by atoms with Crippen molar-refractivity contribution in [2.24, 2.45) is 0 Å². The van der Waals surface area contributed by atoms with Crippen molar-refractivity contribution < 1.29 is 53.1 Å². The Hall–Kier alpha value is -2.60. The van der Waals surface area contributed by atoms with Gasteiger partial charge in [-0.3, -0.25) is 9.59 Å². The summed E-state index contributed by atoms with van der Waals surface area (Å²) < 4.78 is 17.1. The Bertz CT molecular complexity index is 751. The van der Waals surface area contributed by atoms with Gasteiger partial charge < -0.3 is 28.9 Å². The first-order valence-corrected chi connectivity index (χ1v) is 12.7. The quantitative estimate of drug-likeness (QED) is 0.0958. The molecule has 0 N–H and O–H groups in total. The predicted octanol–water partition coefficient (Wildman–Crippen LogP) is 5.12. The third kappa shape index (κ3) is 11.5. The maximum absolute atomic E-state index is 12.5. The average Bonchev–Trinajstić information content (AvgIpc) is 2.88. The summed E-state index contributed by atoms with van der Waals surface area (Å²) in [6, 6.07) is 0. The van der Waals surface area contributed by atoms with E-state index in [0.717, 1.165) is 0 Å². The summed E-state index contributed by atoms with van der Waals surface area (Å²) in [5.41, 5.74) is 0. The first-order valence-electron chi connectivity index (χ1n) is 12.7. The van der Waals surface area contributed by atoms with Crippen LogP contribution in [0.25, 0.3) is 0 Å². The van der Waals surface area contributed by atoms with E-state index in [9.17, 15) is 9.59 Å². The highest BCUT2D eigenvalue weighted by atomic mass is 17.3. The molecule has 37 heavy (non-hydrogen) atoms. The highest BCUT2D eigenvalue weighted by molar-refractivity contribution is 5.70. The van der Waals surface area contributed by atoms with Crippen molar-refractivity contribution in [3.63, 3.8) is 0 Å². The molecule has 0 amide bonds. The van der Waals surface area contributed by atoms with Crippen LogP contribution in [0.1, 0.15) is 79.6 Å². The van der Waals surface area contributed by atoms with Gasteiger partial charge in [-0.1, -0.05) is 54.4 Å². The normalized spacial score (nSPS) is 23.0. The molecule has 0 radical (unpaired) electrons. The molecule has 5 atom stereocenters. The van der Waals surface area contributed by atoms with Crippen LogP contribution in [-0.2, 0) is 53.1 Å². The molecule has 1 heterocycles. The Morgan fingerprint density at radius 1 is 0.676 bits per heavy atom. The molecule has 11 heteroatoms. The lowest BCUT2D eigenvalue weighted by atomic mass is 9.98. The van der Waals surface area contributed by atoms with Gasteiger partial charge in [0.25, 0.3) is 0 Å². The lowest BCUT2D eigenvalue weighted by Crippen LogP contribution is -2.62. The molecule has 1 rings (SSSR count). The van der Waals surface area contributed by atoms with Crippen molar-refractivity contribution in [1.82, 2.24) is 0 Å². The van der Waals surface area contributed by atoms with Gasteiger partial charge in [-0.25, -0.2) is 0 Å². The molecule has 5 unspecified atom stereocenters. The Labute approximate surface area is 219 Å². The number of allylic oxidation sites excluding steroid dienone is 3. The van der Waals surface area contributed by atoms with E-state index in [1.807, 2.05) is 34.6 Å². The molecule has 1 aliphatic rings. The predicted molar refractivity (Wildman–Crippen MR) is 132 cm³/mol. The average molecular weight is 531 g/mol. The molecule has 1 saturated heterocycles. The first-order chi connectivity index (χ1) is 17.7. The maximum Gasteiger partial charge on any atom is 0.306 e. The Morgan fingerprint density at radius 2 is 1.16 bits per heavy atom. The second-order valence-electron chi connectivity index (χ2n) is 8.33. The molecule has 1 aliphatic heterocycles. The minimum atomic E-state index is -1.30. The summed E-state index contributed by atoms with van der Waals surface area (Å²) in [5.74, 6) is -0.0210. The van der Waals surface area contributed by atoms with Crippen molar-refractivity contribution in [3.05, 3.63) is 37.0 Å². The van der Waals surface area contributed by atoms with Gasteiger partial charge in [0.2, 0.25) is 6.29 Å². The van der Waals surface area contributed by atoms with E-state index in [-0.39, 0.29) is 19.4 Å². The van der Waals surface area contributed by atoms with Crippen LogP contribution < -0.4 is 0 Å². The second kappa shape index (κ2) is 17.8. The molecule has 0 spiro atoms. The fraction of sp³-hybridized carbons (Fsp3) is 0.692. The summed E-state index contributed by atoms with van der Waals surface area (Å²) in [6.45, 7) is 20.1. The fourth-order valence-electron chi connectivity index (χ4n) is 2.85. The highest BCUT2D eigenvalue weighted by Gasteiger charge is 2.54. The number of rotatable bonds is 19. The van der Waals surface area contributed by atoms with Crippen LogP contribution >= 0.6 is 0 Å². The van der Waals surface area contributed by atoms with Crippen LogP contribution in [0.3, 0.4) is 0 Å². The number of carbonyl (C=O) groups is 2. The lowest BCUT2D eigenvalue weighted by Gasteiger charge is -2.42. The van der Waals surface area contributed by atoms with Crippen molar-refractivity contribution in [2.75, 3.05) is 6.61 Å². The Morgan fingerprint density at radius 3 is 1.68 bits per heavy atom. The van der Waals surface area contributed by atoms with Crippen LogP contribution in [0.5, 0.6) is 0 Å². The van der Waals surface area contributed by atoms with Gasteiger partial charge in [-0.05, 0) is 12.8 Å². The van der Waals surface area contributed by atoms with Gasteiger partial charge in [-0.2, -0.15) is 14.7 Å². The molecule has 0 bridgehead atoms. The minimum Gasteiger partial charge on any atom is -0.463 e. The summed E-state index contributed by atoms with van der Waals surface area (Å²) in [7, 11) is 0.